The smallest absolute Gasteiger partial charge is 0.240 e. The third-order valence-corrected chi connectivity index (χ3v) is 3.91. The molecule has 0 aliphatic carbocycles. The van der Waals surface area contributed by atoms with E-state index in [1.54, 1.807) is 6.07 Å². The first kappa shape index (κ1) is 17.0. The van der Waals surface area contributed by atoms with E-state index in [-0.39, 0.29) is 12.3 Å². The molecule has 2 aromatic rings. The molecule has 120 valence electrons. The van der Waals surface area contributed by atoms with Crippen molar-refractivity contribution in [1.82, 2.24) is 5.32 Å². The number of primary amides is 1. The summed E-state index contributed by atoms with van der Waals surface area (Å²) in [7, 11) is 0. The summed E-state index contributed by atoms with van der Waals surface area (Å²) >= 11 is 6.09. The zero-order chi connectivity index (χ0) is 16.7. The van der Waals surface area contributed by atoms with E-state index in [4.69, 9.17) is 17.3 Å². The summed E-state index contributed by atoms with van der Waals surface area (Å²) in [5, 5.41) is 3.24. The van der Waals surface area contributed by atoms with E-state index in [1.807, 2.05) is 48.5 Å². The standard InChI is InChI=1S/C18H19ClN2O2/c19-15-9-5-4-8-14(15)12-16(18(20)23)21-17(22)11-10-13-6-2-1-3-7-13/h1-9,16H,10-12H2,(H2,20,23)(H,21,22)/t16-/m1/s1. The summed E-state index contributed by atoms with van der Waals surface area (Å²) in [5.74, 6) is -0.775. The van der Waals surface area contributed by atoms with Crippen molar-refractivity contribution in [2.45, 2.75) is 25.3 Å². The van der Waals surface area contributed by atoms with E-state index < -0.39 is 11.9 Å². The lowest BCUT2D eigenvalue weighted by Crippen LogP contribution is -2.46. The lowest BCUT2D eigenvalue weighted by Gasteiger charge is -2.16. The largest absolute Gasteiger partial charge is 0.368 e. The third kappa shape index (κ3) is 5.42. The zero-order valence-electron chi connectivity index (χ0n) is 12.7. The van der Waals surface area contributed by atoms with Crippen molar-refractivity contribution in [2.75, 3.05) is 0 Å². The Balaban J connectivity index is 1.92. The fraction of sp³-hybridized carbons (Fsp3) is 0.222. The second-order valence-corrected chi connectivity index (χ2v) is 5.71. The molecule has 0 aliphatic rings. The van der Waals surface area contributed by atoms with Gasteiger partial charge in [-0.1, -0.05) is 60.1 Å². The van der Waals surface area contributed by atoms with Crippen molar-refractivity contribution in [2.24, 2.45) is 5.73 Å². The Morgan fingerprint density at radius 2 is 1.70 bits per heavy atom. The lowest BCUT2D eigenvalue weighted by molar-refractivity contribution is -0.127. The molecule has 5 heteroatoms. The molecular weight excluding hydrogens is 312 g/mol. The molecule has 4 nitrogen and oxygen atoms in total. The van der Waals surface area contributed by atoms with Crippen molar-refractivity contribution in [3.05, 3.63) is 70.7 Å². The summed E-state index contributed by atoms with van der Waals surface area (Å²) in [6.45, 7) is 0. The summed E-state index contributed by atoms with van der Waals surface area (Å²) in [6.07, 6.45) is 1.20. The number of hydrogen-bond acceptors (Lipinski definition) is 2. The van der Waals surface area contributed by atoms with Crippen LogP contribution >= 0.6 is 11.6 Å². The monoisotopic (exact) mass is 330 g/mol. The van der Waals surface area contributed by atoms with Gasteiger partial charge in [0.15, 0.2) is 0 Å². The van der Waals surface area contributed by atoms with Gasteiger partial charge in [0.1, 0.15) is 6.04 Å². The van der Waals surface area contributed by atoms with Crippen LogP contribution in [-0.2, 0) is 22.4 Å². The lowest BCUT2D eigenvalue weighted by atomic mass is 10.0. The SMILES string of the molecule is NC(=O)[C@@H](Cc1ccccc1Cl)NC(=O)CCc1ccccc1. The Hall–Kier alpha value is -2.33. The van der Waals surface area contributed by atoms with Crippen LogP contribution < -0.4 is 11.1 Å². The van der Waals surface area contributed by atoms with E-state index in [9.17, 15) is 9.59 Å². The van der Waals surface area contributed by atoms with Crippen LogP contribution in [0.25, 0.3) is 0 Å². The molecule has 0 radical (unpaired) electrons. The van der Waals surface area contributed by atoms with Gasteiger partial charge in [-0.25, -0.2) is 0 Å². The predicted molar refractivity (Wildman–Crippen MR) is 91.0 cm³/mol. The van der Waals surface area contributed by atoms with Crippen LogP contribution in [0, 0.1) is 0 Å². The minimum absolute atomic E-state index is 0.204. The average molecular weight is 331 g/mol. The summed E-state index contributed by atoms with van der Waals surface area (Å²) in [6, 6.07) is 16.1. The molecule has 0 aromatic heterocycles. The quantitative estimate of drug-likeness (QED) is 0.818. The maximum atomic E-state index is 12.1. The molecule has 0 unspecified atom stereocenters. The van der Waals surface area contributed by atoms with Gasteiger partial charge >= 0.3 is 0 Å². The Morgan fingerprint density at radius 1 is 1.04 bits per heavy atom. The predicted octanol–water partition coefficient (Wildman–Crippen LogP) is 2.49. The second-order valence-electron chi connectivity index (χ2n) is 5.30. The van der Waals surface area contributed by atoms with E-state index >= 15 is 0 Å². The third-order valence-electron chi connectivity index (χ3n) is 3.54. The molecule has 3 N–H and O–H groups in total. The second kappa shape index (κ2) is 8.34. The molecule has 0 spiro atoms. The van der Waals surface area contributed by atoms with E-state index in [0.717, 1.165) is 11.1 Å². The number of amides is 2. The molecule has 0 fully saturated rings. The molecule has 23 heavy (non-hydrogen) atoms. The van der Waals surface area contributed by atoms with Crippen molar-refractivity contribution >= 4 is 23.4 Å². The van der Waals surface area contributed by atoms with Crippen molar-refractivity contribution in [3.8, 4) is 0 Å². The van der Waals surface area contributed by atoms with E-state index in [0.29, 0.717) is 17.9 Å². The number of carbonyl (C=O) groups excluding carboxylic acids is 2. The summed E-state index contributed by atoms with van der Waals surface area (Å²) < 4.78 is 0. The Kier molecular flexibility index (Phi) is 6.18. The highest BCUT2D eigenvalue weighted by molar-refractivity contribution is 6.31. The van der Waals surface area contributed by atoms with Crippen molar-refractivity contribution < 1.29 is 9.59 Å². The van der Waals surface area contributed by atoms with Gasteiger partial charge in [0, 0.05) is 17.9 Å². The van der Waals surface area contributed by atoms with Crippen LogP contribution in [0.15, 0.2) is 54.6 Å². The first-order valence-corrected chi connectivity index (χ1v) is 7.80. The van der Waals surface area contributed by atoms with Crippen molar-refractivity contribution in [3.63, 3.8) is 0 Å². The van der Waals surface area contributed by atoms with Gasteiger partial charge in [-0.15, -0.1) is 0 Å². The Morgan fingerprint density at radius 3 is 2.35 bits per heavy atom. The molecular formula is C18H19ClN2O2. The first-order chi connectivity index (χ1) is 11.1. The van der Waals surface area contributed by atoms with Gasteiger partial charge in [0.05, 0.1) is 0 Å². The summed E-state index contributed by atoms with van der Waals surface area (Å²) in [4.78, 5) is 23.6. The normalized spacial score (nSPS) is 11.7. The van der Waals surface area contributed by atoms with Gasteiger partial charge in [-0.05, 0) is 23.6 Å². The van der Waals surface area contributed by atoms with E-state index in [1.165, 1.54) is 0 Å². The number of nitrogens with one attached hydrogen (secondary N) is 1. The van der Waals surface area contributed by atoms with Crippen LogP contribution in [0.1, 0.15) is 17.5 Å². The Labute approximate surface area is 140 Å². The van der Waals surface area contributed by atoms with Gasteiger partial charge in [-0.2, -0.15) is 0 Å². The number of hydrogen-bond donors (Lipinski definition) is 2. The molecule has 0 heterocycles. The fourth-order valence-electron chi connectivity index (χ4n) is 2.28. The van der Waals surface area contributed by atoms with Crippen molar-refractivity contribution in [1.29, 1.82) is 0 Å². The molecule has 2 rings (SSSR count). The minimum atomic E-state index is -0.766. The molecule has 2 amide bonds. The number of halogens is 1. The molecule has 2 aromatic carbocycles. The molecule has 0 aliphatic heterocycles. The first-order valence-electron chi connectivity index (χ1n) is 7.42. The highest BCUT2D eigenvalue weighted by atomic mass is 35.5. The molecule has 0 saturated heterocycles. The maximum Gasteiger partial charge on any atom is 0.240 e. The molecule has 0 saturated carbocycles. The van der Waals surface area contributed by atoms with Gasteiger partial charge in [0.25, 0.3) is 0 Å². The van der Waals surface area contributed by atoms with Crippen LogP contribution in [-0.4, -0.2) is 17.9 Å². The highest BCUT2D eigenvalue weighted by Gasteiger charge is 2.19. The topological polar surface area (TPSA) is 72.2 Å². The number of nitrogens with two attached hydrogens (primary N) is 1. The maximum absolute atomic E-state index is 12.1. The molecule has 1 atom stereocenters. The van der Waals surface area contributed by atoms with Crippen LogP contribution in [0.4, 0.5) is 0 Å². The number of benzene rings is 2. The fourth-order valence-corrected chi connectivity index (χ4v) is 2.49. The Bertz CT molecular complexity index is 674. The van der Waals surface area contributed by atoms with E-state index in [2.05, 4.69) is 5.32 Å². The van der Waals surface area contributed by atoms with Crippen LogP contribution in [0.2, 0.25) is 5.02 Å². The van der Waals surface area contributed by atoms with Crippen LogP contribution in [0.3, 0.4) is 0 Å². The highest BCUT2D eigenvalue weighted by Crippen LogP contribution is 2.16. The van der Waals surface area contributed by atoms with Gasteiger partial charge in [-0.3, -0.25) is 9.59 Å². The van der Waals surface area contributed by atoms with Crippen LogP contribution in [0.5, 0.6) is 0 Å². The number of carbonyl (C=O) groups is 2. The number of rotatable bonds is 7. The zero-order valence-corrected chi connectivity index (χ0v) is 13.4. The molecule has 0 bridgehead atoms. The van der Waals surface area contributed by atoms with Gasteiger partial charge in [0.2, 0.25) is 11.8 Å². The average Bonchev–Trinajstić information content (AvgIpc) is 2.55. The summed E-state index contributed by atoms with van der Waals surface area (Å²) in [5.41, 5.74) is 7.25. The number of aryl methyl sites for hydroxylation is 1. The minimum Gasteiger partial charge on any atom is -0.368 e. The van der Waals surface area contributed by atoms with Gasteiger partial charge < -0.3 is 11.1 Å².